The van der Waals surface area contributed by atoms with Gasteiger partial charge in [0.15, 0.2) is 17.5 Å². The lowest BCUT2D eigenvalue weighted by Gasteiger charge is -2.17. The van der Waals surface area contributed by atoms with E-state index >= 15 is 0 Å². The number of rotatable bonds is 4. The van der Waals surface area contributed by atoms with Crippen LogP contribution in [0.3, 0.4) is 0 Å². The van der Waals surface area contributed by atoms with Crippen LogP contribution in [0.25, 0.3) is 99.2 Å². The lowest BCUT2D eigenvalue weighted by atomic mass is 9.87. The van der Waals surface area contributed by atoms with Crippen LogP contribution in [0.4, 0.5) is 0 Å². The van der Waals surface area contributed by atoms with Crippen LogP contribution in [0, 0.1) is 0 Å². The topological polar surface area (TPSA) is 38.7 Å². The molecule has 0 fully saturated rings. The van der Waals surface area contributed by atoms with E-state index in [0.29, 0.717) is 17.5 Å². The minimum absolute atomic E-state index is 0.651. The maximum atomic E-state index is 5.17. The van der Waals surface area contributed by atoms with Gasteiger partial charge in [0.25, 0.3) is 0 Å². The van der Waals surface area contributed by atoms with E-state index in [1.165, 1.54) is 48.8 Å². The van der Waals surface area contributed by atoms with Crippen molar-refractivity contribution >= 4 is 53.9 Å². The Morgan fingerprint density at radius 1 is 0.260 bits per heavy atom. The van der Waals surface area contributed by atoms with Gasteiger partial charge in [0, 0.05) is 16.7 Å². The number of nitrogens with zero attached hydrogens (tertiary/aromatic N) is 3. The molecule has 0 bridgehead atoms. The monoisotopic (exact) mass is 635 g/mol. The number of aromatic nitrogens is 3. The highest BCUT2D eigenvalue weighted by Crippen LogP contribution is 2.43. The second-order valence-electron chi connectivity index (χ2n) is 12.8. The minimum atomic E-state index is 0.651. The molecule has 0 aliphatic carbocycles. The number of hydrogen-bond donors (Lipinski definition) is 0. The van der Waals surface area contributed by atoms with Crippen molar-refractivity contribution in [3.8, 4) is 45.3 Å². The van der Waals surface area contributed by atoms with Crippen molar-refractivity contribution in [2.75, 3.05) is 0 Å². The largest absolute Gasteiger partial charge is 0.208 e. The second kappa shape index (κ2) is 11.5. The second-order valence-corrected chi connectivity index (χ2v) is 12.8. The molecule has 50 heavy (non-hydrogen) atoms. The summed E-state index contributed by atoms with van der Waals surface area (Å²) in [7, 11) is 0. The molecule has 0 atom stereocenters. The molecule has 0 saturated heterocycles. The molecule has 0 spiro atoms. The van der Waals surface area contributed by atoms with Gasteiger partial charge in [-0.2, -0.15) is 0 Å². The van der Waals surface area contributed by atoms with E-state index < -0.39 is 0 Å². The van der Waals surface area contributed by atoms with Gasteiger partial charge in [-0.25, -0.2) is 15.0 Å². The molecular weight excluding hydrogens is 607 g/mol. The van der Waals surface area contributed by atoms with Crippen molar-refractivity contribution in [3.63, 3.8) is 0 Å². The summed E-state index contributed by atoms with van der Waals surface area (Å²) in [6.07, 6.45) is 0. The van der Waals surface area contributed by atoms with E-state index in [1.54, 1.807) is 0 Å². The standard InChI is InChI=1S/C47H29N3/c1-2-14-32(15-3-1)45-48-46(35-23-22-30-12-4-5-16-33(30)28-35)50-47(49-45)42-27-26-40(38-20-10-11-21-39(38)42)44-37-19-9-7-17-34(37)29-43-36-18-8-6-13-31(36)24-25-41(43)44/h1-29H. The molecule has 0 amide bonds. The fourth-order valence-electron chi connectivity index (χ4n) is 7.49. The summed E-state index contributed by atoms with van der Waals surface area (Å²) in [5.41, 5.74) is 5.31. The summed E-state index contributed by atoms with van der Waals surface area (Å²) in [5, 5.41) is 12.1. The third-order valence-corrected chi connectivity index (χ3v) is 9.88. The highest BCUT2D eigenvalue weighted by molar-refractivity contribution is 6.22. The van der Waals surface area contributed by atoms with Crippen molar-refractivity contribution in [3.05, 3.63) is 176 Å². The lowest BCUT2D eigenvalue weighted by molar-refractivity contribution is 1.08. The van der Waals surface area contributed by atoms with E-state index in [9.17, 15) is 0 Å². The zero-order chi connectivity index (χ0) is 33.0. The SMILES string of the molecule is c1ccc(-c2nc(-c3ccc4ccccc4c3)nc(-c3ccc(-c4c5ccccc5cc5c4ccc4ccccc45)c4ccccc34)n2)cc1. The fourth-order valence-corrected chi connectivity index (χ4v) is 7.49. The van der Waals surface area contributed by atoms with Crippen LogP contribution in [-0.2, 0) is 0 Å². The fraction of sp³-hybridized carbons (Fsp3) is 0. The molecule has 0 saturated carbocycles. The van der Waals surface area contributed by atoms with E-state index in [4.69, 9.17) is 15.0 Å². The van der Waals surface area contributed by atoms with Crippen LogP contribution < -0.4 is 0 Å². The molecule has 9 aromatic carbocycles. The third kappa shape index (κ3) is 4.63. The van der Waals surface area contributed by atoms with Gasteiger partial charge in [-0.1, -0.05) is 158 Å². The molecule has 3 nitrogen and oxygen atoms in total. The first-order valence-corrected chi connectivity index (χ1v) is 16.9. The number of hydrogen-bond acceptors (Lipinski definition) is 3. The molecule has 1 aromatic heterocycles. The predicted octanol–water partition coefficient (Wildman–Crippen LogP) is 12.3. The molecule has 1 heterocycles. The van der Waals surface area contributed by atoms with E-state index in [0.717, 1.165) is 32.8 Å². The van der Waals surface area contributed by atoms with E-state index in [1.807, 2.05) is 18.2 Å². The average Bonchev–Trinajstić information content (AvgIpc) is 3.19. The Kier molecular flexibility index (Phi) is 6.49. The quantitative estimate of drug-likeness (QED) is 0.143. The Morgan fingerprint density at radius 2 is 0.820 bits per heavy atom. The summed E-state index contributed by atoms with van der Waals surface area (Å²) in [4.78, 5) is 15.3. The maximum absolute atomic E-state index is 5.17. The van der Waals surface area contributed by atoms with Crippen molar-refractivity contribution < 1.29 is 0 Å². The summed E-state index contributed by atoms with van der Waals surface area (Å²) >= 11 is 0. The molecular formula is C47H29N3. The zero-order valence-corrected chi connectivity index (χ0v) is 27.1. The molecule has 0 aliphatic rings. The van der Waals surface area contributed by atoms with Crippen LogP contribution in [0.1, 0.15) is 0 Å². The Balaban J connectivity index is 1.23. The Labute approximate surface area is 289 Å². The lowest BCUT2D eigenvalue weighted by Crippen LogP contribution is -2.01. The van der Waals surface area contributed by atoms with Gasteiger partial charge < -0.3 is 0 Å². The van der Waals surface area contributed by atoms with Crippen LogP contribution >= 0.6 is 0 Å². The number of fused-ring (bicyclic) bond motifs is 6. The van der Waals surface area contributed by atoms with Gasteiger partial charge in [0.1, 0.15) is 0 Å². The van der Waals surface area contributed by atoms with E-state index in [-0.39, 0.29) is 0 Å². The molecule has 0 N–H and O–H groups in total. The molecule has 10 rings (SSSR count). The summed E-state index contributed by atoms with van der Waals surface area (Å²) < 4.78 is 0. The first kappa shape index (κ1) is 28.3. The predicted molar refractivity (Wildman–Crippen MR) is 209 cm³/mol. The Morgan fingerprint density at radius 3 is 1.62 bits per heavy atom. The third-order valence-electron chi connectivity index (χ3n) is 9.88. The average molecular weight is 636 g/mol. The molecule has 0 unspecified atom stereocenters. The Hall–Kier alpha value is -6.71. The van der Waals surface area contributed by atoms with Gasteiger partial charge in [0.05, 0.1) is 0 Å². The maximum Gasteiger partial charge on any atom is 0.164 e. The minimum Gasteiger partial charge on any atom is -0.208 e. The van der Waals surface area contributed by atoms with Crippen molar-refractivity contribution in [1.29, 1.82) is 0 Å². The molecule has 232 valence electrons. The van der Waals surface area contributed by atoms with Crippen molar-refractivity contribution in [1.82, 2.24) is 15.0 Å². The van der Waals surface area contributed by atoms with Gasteiger partial charge in [0.2, 0.25) is 0 Å². The van der Waals surface area contributed by atoms with Gasteiger partial charge in [-0.05, 0) is 83.2 Å². The Bertz CT molecular complexity index is 2930. The van der Waals surface area contributed by atoms with Crippen molar-refractivity contribution in [2.24, 2.45) is 0 Å². The van der Waals surface area contributed by atoms with E-state index in [2.05, 4.69) is 158 Å². The van der Waals surface area contributed by atoms with Gasteiger partial charge in [-0.15, -0.1) is 0 Å². The summed E-state index contributed by atoms with van der Waals surface area (Å²) in [6, 6.07) is 62.4. The highest BCUT2D eigenvalue weighted by Gasteiger charge is 2.19. The first-order chi connectivity index (χ1) is 24.8. The van der Waals surface area contributed by atoms with Crippen LogP contribution in [0.15, 0.2) is 176 Å². The van der Waals surface area contributed by atoms with Crippen molar-refractivity contribution in [2.45, 2.75) is 0 Å². The summed E-state index contributed by atoms with van der Waals surface area (Å²) in [5.74, 6) is 1.96. The zero-order valence-electron chi connectivity index (χ0n) is 27.1. The van der Waals surface area contributed by atoms with Gasteiger partial charge in [-0.3, -0.25) is 0 Å². The van der Waals surface area contributed by atoms with Gasteiger partial charge >= 0.3 is 0 Å². The molecule has 0 radical (unpaired) electrons. The van der Waals surface area contributed by atoms with Crippen LogP contribution in [0.5, 0.6) is 0 Å². The smallest absolute Gasteiger partial charge is 0.164 e. The normalized spacial score (nSPS) is 11.6. The first-order valence-electron chi connectivity index (χ1n) is 16.9. The molecule has 0 aliphatic heterocycles. The highest BCUT2D eigenvalue weighted by atomic mass is 15.0. The molecule has 10 aromatic rings. The number of benzene rings is 9. The molecule has 3 heteroatoms. The van der Waals surface area contributed by atoms with Crippen LogP contribution in [-0.4, -0.2) is 15.0 Å². The summed E-state index contributed by atoms with van der Waals surface area (Å²) in [6.45, 7) is 0. The van der Waals surface area contributed by atoms with Crippen LogP contribution in [0.2, 0.25) is 0 Å².